The maximum atomic E-state index is 13.1. The van der Waals surface area contributed by atoms with Gasteiger partial charge in [-0.25, -0.2) is 17.2 Å². The van der Waals surface area contributed by atoms with Gasteiger partial charge in [-0.3, -0.25) is 4.79 Å². The van der Waals surface area contributed by atoms with Crippen molar-refractivity contribution < 1.29 is 22.0 Å². The average Bonchev–Trinajstić information content (AvgIpc) is 2.72. The van der Waals surface area contributed by atoms with Gasteiger partial charge in [-0.05, 0) is 55.0 Å². The summed E-state index contributed by atoms with van der Waals surface area (Å²) in [6, 6.07) is 9.72. The highest BCUT2D eigenvalue weighted by molar-refractivity contribution is 7.89. The van der Waals surface area contributed by atoms with Crippen LogP contribution in [0.2, 0.25) is 0 Å². The highest BCUT2D eigenvalue weighted by Crippen LogP contribution is 2.18. The first-order valence-electron chi connectivity index (χ1n) is 9.37. The number of nitrogens with zero attached hydrogens (tertiary/aromatic N) is 2. The molecule has 29 heavy (non-hydrogen) atoms. The van der Waals surface area contributed by atoms with Gasteiger partial charge < -0.3 is 9.80 Å². The van der Waals surface area contributed by atoms with Crippen molar-refractivity contribution in [3.05, 3.63) is 60.2 Å². The van der Waals surface area contributed by atoms with Crippen LogP contribution >= 0.6 is 0 Å². The van der Waals surface area contributed by atoms with Gasteiger partial charge in [-0.1, -0.05) is 6.92 Å². The van der Waals surface area contributed by atoms with Crippen LogP contribution < -0.4 is 9.62 Å². The molecule has 0 aliphatic carbocycles. The van der Waals surface area contributed by atoms with E-state index in [0.717, 1.165) is 30.0 Å². The molecule has 1 fully saturated rings. The molecule has 2 aromatic rings. The minimum Gasteiger partial charge on any atom is -0.368 e. The van der Waals surface area contributed by atoms with E-state index in [4.69, 9.17) is 0 Å². The monoisotopic (exact) mass is 423 g/mol. The fourth-order valence-electron chi connectivity index (χ4n) is 3.23. The van der Waals surface area contributed by atoms with E-state index in [2.05, 4.69) is 4.72 Å². The highest BCUT2D eigenvalue weighted by atomic mass is 32.2. The summed E-state index contributed by atoms with van der Waals surface area (Å²) in [6.07, 6.45) is 0.289. The van der Waals surface area contributed by atoms with E-state index in [1.54, 1.807) is 24.0 Å². The van der Waals surface area contributed by atoms with Gasteiger partial charge in [0.15, 0.2) is 0 Å². The van der Waals surface area contributed by atoms with Gasteiger partial charge in [0.05, 0.1) is 4.90 Å². The summed E-state index contributed by atoms with van der Waals surface area (Å²) in [6.45, 7) is 3.73. The number of benzene rings is 2. The predicted octanol–water partition coefficient (Wildman–Crippen LogP) is 2.37. The Hall–Kier alpha value is -2.52. The van der Waals surface area contributed by atoms with Gasteiger partial charge in [0.1, 0.15) is 17.7 Å². The number of nitrogens with one attached hydrogen (secondary N) is 1. The first kappa shape index (κ1) is 21.2. The summed E-state index contributed by atoms with van der Waals surface area (Å²) < 4.78 is 53.6. The van der Waals surface area contributed by atoms with E-state index in [9.17, 15) is 22.0 Å². The Morgan fingerprint density at radius 1 is 0.966 bits per heavy atom. The smallest absolute Gasteiger partial charge is 0.241 e. The van der Waals surface area contributed by atoms with Crippen LogP contribution in [0.4, 0.5) is 14.5 Å². The Balaban J connectivity index is 1.62. The molecule has 1 atom stereocenters. The SMILES string of the molecule is CCC(NS(=O)(=O)c1ccc(F)cc1)C(=O)N1CCN(c2ccc(F)cc2)CC1. The topological polar surface area (TPSA) is 69.7 Å². The summed E-state index contributed by atoms with van der Waals surface area (Å²) in [5.74, 6) is -1.13. The van der Waals surface area contributed by atoms with Gasteiger partial charge in [0.25, 0.3) is 0 Å². The standard InChI is InChI=1S/C20H23F2N3O3S/c1-2-19(23-29(27,28)18-9-5-16(22)6-10-18)20(26)25-13-11-24(12-14-25)17-7-3-15(21)4-8-17/h3-10,19,23H,2,11-14H2,1H3. The minimum atomic E-state index is -3.94. The molecule has 6 nitrogen and oxygen atoms in total. The molecule has 0 spiro atoms. The normalized spacial score (nSPS) is 16.0. The van der Waals surface area contributed by atoms with Crippen LogP contribution in [0, 0.1) is 11.6 Å². The molecule has 0 radical (unpaired) electrons. The van der Waals surface area contributed by atoms with Crippen molar-refractivity contribution in [3.8, 4) is 0 Å². The van der Waals surface area contributed by atoms with Crippen LogP contribution in [0.1, 0.15) is 13.3 Å². The number of carbonyl (C=O) groups is 1. The third-order valence-electron chi connectivity index (χ3n) is 4.91. The van der Waals surface area contributed by atoms with Crippen molar-refractivity contribution in [2.24, 2.45) is 0 Å². The number of hydrogen-bond acceptors (Lipinski definition) is 4. The second-order valence-electron chi connectivity index (χ2n) is 6.82. The van der Waals surface area contributed by atoms with Crippen LogP contribution in [0.3, 0.4) is 0 Å². The quantitative estimate of drug-likeness (QED) is 0.775. The van der Waals surface area contributed by atoms with Gasteiger partial charge in [-0.15, -0.1) is 0 Å². The molecule has 3 rings (SSSR count). The lowest BCUT2D eigenvalue weighted by Crippen LogP contribution is -2.54. The van der Waals surface area contributed by atoms with Crippen LogP contribution in [0.25, 0.3) is 0 Å². The van der Waals surface area contributed by atoms with Crippen LogP contribution in [0.15, 0.2) is 53.4 Å². The second-order valence-corrected chi connectivity index (χ2v) is 8.54. The number of halogens is 2. The van der Waals surface area contributed by atoms with Crippen LogP contribution in [-0.4, -0.2) is 51.4 Å². The summed E-state index contributed by atoms with van der Waals surface area (Å²) >= 11 is 0. The Bertz CT molecular complexity index is 942. The number of hydrogen-bond donors (Lipinski definition) is 1. The lowest BCUT2D eigenvalue weighted by molar-refractivity contribution is -0.133. The summed E-state index contributed by atoms with van der Waals surface area (Å²) in [4.78, 5) is 16.4. The zero-order valence-electron chi connectivity index (χ0n) is 16.0. The van der Waals surface area contributed by atoms with Crippen LogP contribution in [-0.2, 0) is 14.8 Å². The number of carbonyl (C=O) groups excluding carboxylic acids is 1. The molecule has 1 amide bonds. The van der Waals surface area contributed by atoms with Crippen LogP contribution in [0.5, 0.6) is 0 Å². The Labute approximate surface area is 169 Å². The Morgan fingerprint density at radius 3 is 2.00 bits per heavy atom. The molecule has 1 aliphatic rings. The largest absolute Gasteiger partial charge is 0.368 e. The molecule has 9 heteroatoms. The van der Waals surface area contributed by atoms with E-state index in [1.165, 1.54) is 12.1 Å². The molecule has 1 aliphatic heterocycles. The molecule has 1 N–H and O–H groups in total. The Morgan fingerprint density at radius 2 is 1.48 bits per heavy atom. The fraction of sp³-hybridized carbons (Fsp3) is 0.350. The number of piperazine rings is 1. The molecule has 2 aromatic carbocycles. The number of amides is 1. The maximum absolute atomic E-state index is 13.1. The minimum absolute atomic E-state index is 0.0914. The second kappa shape index (κ2) is 8.87. The third-order valence-corrected chi connectivity index (χ3v) is 6.40. The summed E-state index contributed by atoms with van der Waals surface area (Å²) in [7, 11) is -3.94. The third kappa shape index (κ3) is 5.10. The molecule has 1 saturated heterocycles. The van der Waals surface area contributed by atoms with Gasteiger partial charge >= 0.3 is 0 Å². The van der Waals surface area contributed by atoms with E-state index in [1.807, 2.05) is 4.90 Å². The molecular weight excluding hydrogens is 400 g/mol. The molecule has 1 heterocycles. The molecule has 1 unspecified atom stereocenters. The van der Waals surface area contributed by atoms with Gasteiger partial charge in [0, 0.05) is 31.9 Å². The van der Waals surface area contributed by atoms with Gasteiger partial charge in [-0.2, -0.15) is 4.72 Å². The zero-order valence-corrected chi connectivity index (χ0v) is 16.8. The van der Waals surface area contributed by atoms with Crippen molar-refractivity contribution in [2.45, 2.75) is 24.3 Å². The first-order valence-corrected chi connectivity index (χ1v) is 10.9. The van der Waals surface area contributed by atoms with Crippen molar-refractivity contribution in [3.63, 3.8) is 0 Å². The van der Waals surface area contributed by atoms with Crippen molar-refractivity contribution in [1.29, 1.82) is 0 Å². The first-order chi connectivity index (χ1) is 13.8. The summed E-state index contributed by atoms with van der Waals surface area (Å²) in [5.41, 5.74) is 0.877. The van der Waals surface area contributed by atoms with E-state index in [-0.39, 0.29) is 23.0 Å². The van der Waals surface area contributed by atoms with E-state index in [0.29, 0.717) is 26.2 Å². The summed E-state index contributed by atoms with van der Waals surface area (Å²) in [5, 5.41) is 0. The maximum Gasteiger partial charge on any atom is 0.241 e. The predicted molar refractivity (Wildman–Crippen MR) is 106 cm³/mol. The van der Waals surface area contributed by atoms with E-state index < -0.39 is 21.9 Å². The van der Waals surface area contributed by atoms with E-state index >= 15 is 0 Å². The molecule has 0 saturated carbocycles. The lowest BCUT2D eigenvalue weighted by Gasteiger charge is -2.37. The number of sulfonamides is 1. The zero-order chi connectivity index (χ0) is 21.0. The molecule has 0 bridgehead atoms. The van der Waals surface area contributed by atoms with Crippen molar-refractivity contribution in [1.82, 2.24) is 9.62 Å². The van der Waals surface area contributed by atoms with Gasteiger partial charge in [0.2, 0.25) is 15.9 Å². The molecule has 0 aromatic heterocycles. The Kier molecular flexibility index (Phi) is 6.49. The van der Waals surface area contributed by atoms with Crippen molar-refractivity contribution >= 4 is 21.6 Å². The lowest BCUT2D eigenvalue weighted by atomic mass is 10.2. The fourth-order valence-corrected chi connectivity index (χ4v) is 4.51. The van der Waals surface area contributed by atoms with Crippen molar-refractivity contribution in [2.75, 3.05) is 31.1 Å². The number of anilines is 1. The molecule has 156 valence electrons. The highest BCUT2D eigenvalue weighted by Gasteiger charge is 2.30. The average molecular weight is 423 g/mol. The number of rotatable bonds is 6. The molecular formula is C20H23F2N3O3S.